The smallest absolute Gasteiger partial charge is 0.270 e. The number of fused-ring (bicyclic) bond motifs is 1. The monoisotopic (exact) mass is 428 g/mol. The number of carbonyl (C=O) groups is 1. The van der Waals surface area contributed by atoms with Gasteiger partial charge in [0, 0.05) is 16.8 Å². The molecule has 0 fully saturated rings. The molecule has 0 unspecified atom stereocenters. The molecule has 0 atom stereocenters. The Morgan fingerprint density at radius 3 is 2.52 bits per heavy atom. The third-order valence-corrected chi connectivity index (χ3v) is 5.13. The normalized spacial score (nSPS) is 11.0. The molecule has 3 heterocycles. The number of aromatic nitrogens is 5. The van der Waals surface area contributed by atoms with E-state index in [0.717, 1.165) is 16.9 Å². The molecule has 0 aliphatic carbocycles. The van der Waals surface area contributed by atoms with Crippen molar-refractivity contribution in [2.24, 2.45) is 0 Å². The van der Waals surface area contributed by atoms with Gasteiger partial charge in [-0.1, -0.05) is 48.0 Å². The van der Waals surface area contributed by atoms with Gasteiger partial charge < -0.3 is 5.32 Å². The summed E-state index contributed by atoms with van der Waals surface area (Å²) in [6.45, 7) is 0.236. The molecule has 31 heavy (non-hydrogen) atoms. The maximum atomic E-state index is 13.1. The number of amides is 1. The first-order valence-electron chi connectivity index (χ1n) is 9.67. The van der Waals surface area contributed by atoms with Crippen molar-refractivity contribution in [1.82, 2.24) is 29.7 Å². The fourth-order valence-corrected chi connectivity index (χ4v) is 3.46. The minimum atomic E-state index is -0.260. The molecule has 0 radical (unpaired) electrons. The Labute approximate surface area is 182 Å². The Balaban J connectivity index is 1.47. The Hall–Kier alpha value is -3.97. The van der Waals surface area contributed by atoms with Crippen LogP contribution in [0.25, 0.3) is 22.6 Å². The molecule has 0 bridgehead atoms. The number of carbonyl (C=O) groups excluding carboxylic acids is 1. The van der Waals surface area contributed by atoms with Gasteiger partial charge in [-0.3, -0.25) is 9.20 Å². The molecule has 0 saturated heterocycles. The molecule has 0 aliphatic heterocycles. The lowest BCUT2D eigenvalue weighted by atomic mass is 10.1. The number of halogens is 1. The lowest BCUT2D eigenvalue weighted by Crippen LogP contribution is -2.26. The summed E-state index contributed by atoms with van der Waals surface area (Å²) < 4.78 is 3.48. The molecule has 5 aromatic rings. The van der Waals surface area contributed by atoms with Gasteiger partial charge in [0.25, 0.3) is 5.91 Å². The Morgan fingerprint density at radius 1 is 0.935 bits per heavy atom. The van der Waals surface area contributed by atoms with Crippen molar-refractivity contribution in [3.05, 3.63) is 102 Å². The van der Waals surface area contributed by atoms with Crippen molar-refractivity contribution < 1.29 is 4.79 Å². The second-order valence-electron chi connectivity index (χ2n) is 6.90. The number of pyridine rings is 1. The maximum Gasteiger partial charge on any atom is 0.270 e. The number of benzene rings is 2. The van der Waals surface area contributed by atoms with E-state index in [9.17, 15) is 4.79 Å². The first-order chi connectivity index (χ1) is 15.2. The molecule has 152 valence electrons. The number of para-hydroxylation sites is 1. The van der Waals surface area contributed by atoms with Crippen LogP contribution in [0.15, 0.2) is 85.1 Å². The molecule has 3 aromatic heterocycles. The molecule has 0 saturated carbocycles. The zero-order valence-corrected chi connectivity index (χ0v) is 17.1. The summed E-state index contributed by atoms with van der Waals surface area (Å²) in [5, 5.41) is 16.5. The highest BCUT2D eigenvalue weighted by Crippen LogP contribution is 2.23. The van der Waals surface area contributed by atoms with Gasteiger partial charge in [0.1, 0.15) is 5.69 Å². The summed E-state index contributed by atoms with van der Waals surface area (Å²) in [4.78, 5) is 13.1. The molecule has 0 spiro atoms. The fourth-order valence-electron chi connectivity index (χ4n) is 3.33. The van der Waals surface area contributed by atoms with Crippen LogP contribution >= 0.6 is 11.6 Å². The van der Waals surface area contributed by atoms with Gasteiger partial charge in [0.2, 0.25) is 0 Å². The Morgan fingerprint density at radius 2 is 1.71 bits per heavy atom. The van der Waals surface area contributed by atoms with Gasteiger partial charge in [-0.2, -0.15) is 5.10 Å². The van der Waals surface area contributed by atoms with E-state index in [2.05, 4.69) is 20.6 Å². The molecule has 1 N–H and O–H groups in total. The number of nitrogens with one attached hydrogen (secondary N) is 1. The summed E-state index contributed by atoms with van der Waals surface area (Å²) in [6, 6.07) is 24.3. The van der Waals surface area contributed by atoms with Gasteiger partial charge in [-0.05, 0) is 42.5 Å². The van der Waals surface area contributed by atoms with Crippen molar-refractivity contribution in [2.45, 2.75) is 6.54 Å². The van der Waals surface area contributed by atoms with E-state index < -0.39 is 0 Å². The van der Waals surface area contributed by atoms with E-state index in [1.807, 2.05) is 71.3 Å². The lowest BCUT2D eigenvalue weighted by Gasteiger charge is -2.08. The quantitative estimate of drug-likeness (QED) is 0.456. The highest BCUT2D eigenvalue weighted by molar-refractivity contribution is 6.30. The highest BCUT2D eigenvalue weighted by atomic mass is 35.5. The lowest BCUT2D eigenvalue weighted by molar-refractivity contribution is 0.0942. The standard InChI is InChI=1S/C23H17ClN6O/c24-17-11-9-16(10-12-17)19-14-20(30(28-19)18-6-2-1-3-7-18)23(31)25-15-22-27-26-21-8-4-5-13-29(21)22/h1-14H,15H2,(H,25,31). The van der Waals surface area contributed by atoms with Crippen molar-refractivity contribution in [3.63, 3.8) is 0 Å². The summed E-state index contributed by atoms with van der Waals surface area (Å²) in [5.41, 5.74) is 3.49. The molecule has 5 rings (SSSR count). The van der Waals surface area contributed by atoms with Crippen LogP contribution in [-0.4, -0.2) is 30.3 Å². The Kier molecular flexibility index (Phi) is 4.93. The molecule has 0 aliphatic rings. The van der Waals surface area contributed by atoms with Crippen molar-refractivity contribution >= 4 is 23.2 Å². The van der Waals surface area contributed by atoms with Crippen molar-refractivity contribution in [2.75, 3.05) is 0 Å². The molecular weight excluding hydrogens is 412 g/mol. The summed E-state index contributed by atoms with van der Waals surface area (Å²) in [6.07, 6.45) is 1.86. The summed E-state index contributed by atoms with van der Waals surface area (Å²) in [7, 11) is 0. The van der Waals surface area contributed by atoms with Gasteiger partial charge >= 0.3 is 0 Å². The predicted octanol–water partition coefficient (Wildman–Crippen LogP) is 4.17. The van der Waals surface area contributed by atoms with Crippen LogP contribution in [0.3, 0.4) is 0 Å². The van der Waals surface area contributed by atoms with Crippen LogP contribution in [0.1, 0.15) is 16.3 Å². The Bertz CT molecular complexity index is 1360. The minimum Gasteiger partial charge on any atom is -0.343 e. The van der Waals surface area contributed by atoms with E-state index in [1.165, 1.54) is 0 Å². The number of nitrogens with zero attached hydrogens (tertiary/aromatic N) is 5. The van der Waals surface area contributed by atoms with Crippen LogP contribution in [0.5, 0.6) is 0 Å². The second kappa shape index (κ2) is 8.04. The zero-order valence-electron chi connectivity index (χ0n) is 16.3. The third kappa shape index (κ3) is 3.78. The number of hydrogen-bond donors (Lipinski definition) is 1. The molecule has 1 amide bonds. The van der Waals surface area contributed by atoms with Gasteiger partial charge in [0.05, 0.1) is 17.9 Å². The van der Waals surface area contributed by atoms with Crippen molar-refractivity contribution in [3.8, 4) is 16.9 Å². The van der Waals surface area contributed by atoms with Crippen LogP contribution in [0.4, 0.5) is 0 Å². The van der Waals surface area contributed by atoms with E-state index in [4.69, 9.17) is 11.6 Å². The first kappa shape index (κ1) is 19.0. The summed E-state index contributed by atoms with van der Waals surface area (Å²) >= 11 is 6.01. The molecule has 2 aromatic carbocycles. The largest absolute Gasteiger partial charge is 0.343 e. The number of rotatable bonds is 5. The number of hydrogen-bond acceptors (Lipinski definition) is 4. The van der Waals surface area contributed by atoms with Crippen LogP contribution in [0, 0.1) is 0 Å². The minimum absolute atomic E-state index is 0.236. The molecular formula is C23H17ClN6O. The SMILES string of the molecule is O=C(NCc1nnc2ccccn12)c1cc(-c2ccc(Cl)cc2)nn1-c1ccccc1. The second-order valence-corrected chi connectivity index (χ2v) is 7.33. The third-order valence-electron chi connectivity index (χ3n) is 4.87. The predicted molar refractivity (Wildman–Crippen MR) is 118 cm³/mol. The van der Waals surface area contributed by atoms with Gasteiger partial charge in [-0.25, -0.2) is 4.68 Å². The van der Waals surface area contributed by atoms with Crippen LogP contribution in [0.2, 0.25) is 5.02 Å². The molecule has 8 heteroatoms. The average Bonchev–Trinajstić information content (AvgIpc) is 3.44. The van der Waals surface area contributed by atoms with Crippen molar-refractivity contribution in [1.29, 1.82) is 0 Å². The van der Waals surface area contributed by atoms with Gasteiger partial charge in [0.15, 0.2) is 11.5 Å². The maximum absolute atomic E-state index is 13.1. The van der Waals surface area contributed by atoms with E-state index in [1.54, 1.807) is 22.9 Å². The van der Waals surface area contributed by atoms with Crippen LogP contribution in [-0.2, 0) is 6.54 Å². The fraction of sp³-hybridized carbons (Fsp3) is 0.0435. The average molecular weight is 429 g/mol. The molecule has 7 nitrogen and oxygen atoms in total. The summed E-state index contributed by atoms with van der Waals surface area (Å²) in [5.74, 6) is 0.386. The van der Waals surface area contributed by atoms with Crippen LogP contribution < -0.4 is 5.32 Å². The highest BCUT2D eigenvalue weighted by Gasteiger charge is 2.18. The first-order valence-corrected chi connectivity index (χ1v) is 10.0. The van der Waals surface area contributed by atoms with E-state index >= 15 is 0 Å². The topological polar surface area (TPSA) is 77.1 Å². The van der Waals surface area contributed by atoms with Gasteiger partial charge in [-0.15, -0.1) is 10.2 Å². The zero-order chi connectivity index (χ0) is 21.2. The van der Waals surface area contributed by atoms with E-state index in [-0.39, 0.29) is 12.5 Å². The van der Waals surface area contributed by atoms with E-state index in [0.29, 0.717) is 22.2 Å².